The van der Waals surface area contributed by atoms with Crippen LogP contribution in [0, 0.1) is 0 Å². The van der Waals surface area contributed by atoms with Crippen LogP contribution in [0.4, 0.5) is 0 Å². The Bertz CT molecular complexity index is 1990. The molecule has 4 heteroatoms. The van der Waals surface area contributed by atoms with Crippen LogP contribution in [0.2, 0.25) is 0 Å². The van der Waals surface area contributed by atoms with E-state index in [0.29, 0.717) is 0 Å². The van der Waals surface area contributed by atoms with Gasteiger partial charge in [0.15, 0.2) is 0 Å². The van der Waals surface area contributed by atoms with Crippen LogP contribution in [0.5, 0.6) is 11.5 Å². The summed E-state index contributed by atoms with van der Waals surface area (Å²) in [4.78, 5) is 9.89. The third kappa shape index (κ3) is 3.10. The summed E-state index contributed by atoms with van der Waals surface area (Å²) in [6, 6.07) is 41.6. The van der Waals surface area contributed by atoms with Crippen LogP contribution in [0.25, 0.3) is 61.3 Å². The van der Waals surface area contributed by atoms with Gasteiger partial charge in [-0.15, -0.1) is 0 Å². The third-order valence-corrected chi connectivity index (χ3v) is 7.28. The Morgan fingerprint density at radius 1 is 0.553 bits per heavy atom. The number of rotatable bonds is 3. The topological polar surface area (TPSA) is 39.9 Å². The molecular formula is C34H21N3O. The second-order valence-electron chi connectivity index (χ2n) is 9.47. The number of nitrogens with zero attached hydrogens (tertiary/aromatic N) is 3. The quantitative estimate of drug-likeness (QED) is 0.250. The SMILES string of the molecule is c1ccc(-c2nc3ccccc3n2-c2ccc(-c3ccc4c5c(cccc35)-c3ccccc3O4)cn2)cc1. The highest BCUT2D eigenvalue weighted by atomic mass is 16.5. The van der Waals surface area contributed by atoms with Gasteiger partial charge in [0.25, 0.3) is 0 Å². The zero-order valence-corrected chi connectivity index (χ0v) is 20.4. The molecule has 38 heavy (non-hydrogen) atoms. The molecule has 0 amide bonds. The summed E-state index contributed by atoms with van der Waals surface area (Å²) in [5.41, 5.74) is 7.54. The number of hydrogen-bond donors (Lipinski definition) is 0. The number of hydrogen-bond acceptors (Lipinski definition) is 3. The predicted molar refractivity (Wildman–Crippen MR) is 153 cm³/mol. The van der Waals surface area contributed by atoms with E-state index < -0.39 is 0 Å². The molecule has 5 aromatic carbocycles. The Kier molecular flexibility index (Phi) is 4.49. The molecule has 0 spiro atoms. The molecule has 1 aliphatic rings. The molecule has 0 saturated carbocycles. The fraction of sp³-hybridized carbons (Fsp3) is 0. The van der Waals surface area contributed by atoms with E-state index in [1.165, 1.54) is 5.56 Å². The van der Waals surface area contributed by atoms with Crippen molar-refractivity contribution in [3.63, 3.8) is 0 Å². The van der Waals surface area contributed by atoms with Gasteiger partial charge in [0, 0.05) is 28.3 Å². The number of benzene rings is 5. The normalized spacial score (nSPS) is 11.9. The van der Waals surface area contributed by atoms with Gasteiger partial charge in [-0.3, -0.25) is 4.57 Å². The van der Waals surface area contributed by atoms with E-state index in [1.54, 1.807) is 0 Å². The molecule has 0 N–H and O–H groups in total. The molecule has 4 nitrogen and oxygen atoms in total. The van der Waals surface area contributed by atoms with Crippen molar-refractivity contribution >= 4 is 21.8 Å². The van der Waals surface area contributed by atoms with Crippen molar-refractivity contribution in [1.82, 2.24) is 14.5 Å². The smallest absolute Gasteiger partial charge is 0.146 e. The third-order valence-electron chi connectivity index (χ3n) is 7.28. The number of pyridine rings is 1. The molecule has 0 saturated heterocycles. The van der Waals surface area contributed by atoms with Gasteiger partial charge in [-0.25, -0.2) is 9.97 Å². The number of para-hydroxylation sites is 3. The van der Waals surface area contributed by atoms with Gasteiger partial charge in [0.2, 0.25) is 0 Å². The molecule has 0 bridgehead atoms. The van der Waals surface area contributed by atoms with Crippen LogP contribution < -0.4 is 4.74 Å². The number of ether oxygens (including phenoxy) is 1. The van der Waals surface area contributed by atoms with E-state index in [-0.39, 0.29) is 0 Å². The Hall–Kier alpha value is -5.22. The molecular weight excluding hydrogens is 466 g/mol. The molecule has 2 aromatic heterocycles. The molecule has 0 fully saturated rings. The standard InChI is InChI=1S/C34H21N3O/c1-2-9-22(10-3-1)34-36-28-14-5-6-15-29(28)37(34)32-20-17-23(21-35-32)24-18-19-31-33-26(24)12-8-13-27(33)25-11-4-7-16-30(25)38-31/h1-21H. The van der Waals surface area contributed by atoms with Crippen LogP contribution in [-0.2, 0) is 0 Å². The van der Waals surface area contributed by atoms with Gasteiger partial charge in [-0.05, 0) is 59.0 Å². The maximum atomic E-state index is 6.28. The van der Waals surface area contributed by atoms with Crippen molar-refractivity contribution in [2.24, 2.45) is 0 Å². The van der Waals surface area contributed by atoms with Gasteiger partial charge in [-0.1, -0.05) is 78.9 Å². The highest BCUT2D eigenvalue weighted by Gasteiger charge is 2.21. The van der Waals surface area contributed by atoms with Crippen LogP contribution in [0.1, 0.15) is 0 Å². The fourth-order valence-corrected chi connectivity index (χ4v) is 5.55. The molecule has 3 heterocycles. The minimum absolute atomic E-state index is 0.835. The lowest BCUT2D eigenvalue weighted by Gasteiger charge is -2.22. The maximum Gasteiger partial charge on any atom is 0.146 e. The first kappa shape index (κ1) is 20.9. The Morgan fingerprint density at radius 2 is 1.37 bits per heavy atom. The Morgan fingerprint density at radius 3 is 2.26 bits per heavy atom. The van der Waals surface area contributed by atoms with Crippen molar-refractivity contribution in [2.45, 2.75) is 0 Å². The van der Waals surface area contributed by atoms with Crippen LogP contribution in [-0.4, -0.2) is 14.5 Å². The molecule has 8 rings (SSSR count). The summed E-state index contributed by atoms with van der Waals surface area (Å²) >= 11 is 0. The fourth-order valence-electron chi connectivity index (χ4n) is 5.55. The van der Waals surface area contributed by atoms with E-state index >= 15 is 0 Å². The molecule has 7 aromatic rings. The first-order valence-electron chi connectivity index (χ1n) is 12.7. The number of imidazole rings is 1. The summed E-state index contributed by atoms with van der Waals surface area (Å²) in [7, 11) is 0. The van der Waals surface area contributed by atoms with Crippen molar-refractivity contribution < 1.29 is 4.74 Å². The Labute approximate surface area is 219 Å². The van der Waals surface area contributed by atoms with E-state index in [1.807, 2.05) is 54.7 Å². The van der Waals surface area contributed by atoms with Crippen molar-refractivity contribution in [1.29, 1.82) is 0 Å². The second-order valence-corrected chi connectivity index (χ2v) is 9.47. The minimum Gasteiger partial charge on any atom is -0.456 e. The zero-order valence-electron chi connectivity index (χ0n) is 20.4. The van der Waals surface area contributed by atoms with Crippen LogP contribution in [0.15, 0.2) is 128 Å². The zero-order chi connectivity index (χ0) is 25.1. The average molecular weight is 488 g/mol. The summed E-state index contributed by atoms with van der Waals surface area (Å²) in [5.74, 6) is 3.50. The first-order chi connectivity index (χ1) is 18.8. The monoisotopic (exact) mass is 487 g/mol. The highest BCUT2D eigenvalue weighted by molar-refractivity contribution is 6.09. The number of aromatic nitrogens is 3. The van der Waals surface area contributed by atoms with Gasteiger partial charge in [0.1, 0.15) is 23.1 Å². The summed E-state index contributed by atoms with van der Waals surface area (Å²) in [6.07, 6.45) is 1.96. The molecule has 178 valence electrons. The second kappa shape index (κ2) is 8.15. The molecule has 0 aliphatic carbocycles. The average Bonchev–Trinajstić information content (AvgIpc) is 3.38. The molecule has 0 radical (unpaired) electrons. The van der Waals surface area contributed by atoms with Gasteiger partial charge in [-0.2, -0.15) is 0 Å². The van der Waals surface area contributed by atoms with E-state index in [0.717, 1.165) is 67.2 Å². The van der Waals surface area contributed by atoms with Crippen LogP contribution in [0.3, 0.4) is 0 Å². The Balaban J connectivity index is 1.28. The largest absolute Gasteiger partial charge is 0.456 e. The van der Waals surface area contributed by atoms with Crippen LogP contribution >= 0.6 is 0 Å². The summed E-state index contributed by atoms with van der Waals surface area (Å²) < 4.78 is 8.41. The van der Waals surface area contributed by atoms with Crippen molar-refractivity contribution in [2.75, 3.05) is 0 Å². The lowest BCUT2D eigenvalue weighted by molar-refractivity contribution is 0.487. The number of fused-ring (bicyclic) bond motifs is 3. The highest BCUT2D eigenvalue weighted by Crippen LogP contribution is 2.48. The van der Waals surface area contributed by atoms with Crippen molar-refractivity contribution in [3.05, 3.63) is 128 Å². The summed E-state index contributed by atoms with van der Waals surface area (Å²) in [5, 5.41) is 2.29. The summed E-state index contributed by atoms with van der Waals surface area (Å²) in [6.45, 7) is 0. The lowest BCUT2D eigenvalue weighted by Crippen LogP contribution is -2.00. The van der Waals surface area contributed by atoms with E-state index in [4.69, 9.17) is 14.7 Å². The molecule has 1 aliphatic heterocycles. The first-order valence-corrected chi connectivity index (χ1v) is 12.7. The van der Waals surface area contributed by atoms with E-state index in [2.05, 4.69) is 77.4 Å². The lowest BCUT2D eigenvalue weighted by atomic mass is 9.91. The minimum atomic E-state index is 0.835. The molecule has 0 unspecified atom stereocenters. The maximum absolute atomic E-state index is 6.28. The van der Waals surface area contributed by atoms with Gasteiger partial charge < -0.3 is 4.74 Å². The molecule has 0 atom stereocenters. The van der Waals surface area contributed by atoms with Gasteiger partial charge >= 0.3 is 0 Å². The predicted octanol–water partition coefficient (Wildman–Crippen LogP) is 8.68. The van der Waals surface area contributed by atoms with E-state index in [9.17, 15) is 0 Å². The van der Waals surface area contributed by atoms with Gasteiger partial charge in [0.05, 0.1) is 11.0 Å². The van der Waals surface area contributed by atoms with Crippen molar-refractivity contribution in [3.8, 4) is 51.0 Å².